The summed E-state index contributed by atoms with van der Waals surface area (Å²) < 4.78 is 5.11. The van der Waals surface area contributed by atoms with Gasteiger partial charge >= 0.3 is 0 Å². The highest BCUT2D eigenvalue weighted by molar-refractivity contribution is 7.99. The molecule has 2 rings (SSSR count). The number of thioether (sulfide) groups is 1. The van der Waals surface area contributed by atoms with Gasteiger partial charge in [0.15, 0.2) is 0 Å². The van der Waals surface area contributed by atoms with Crippen molar-refractivity contribution in [1.82, 2.24) is 0 Å². The number of benzene rings is 2. The molecule has 0 aliphatic carbocycles. The van der Waals surface area contributed by atoms with Crippen molar-refractivity contribution in [3.05, 3.63) is 54.1 Å². The fourth-order valence-electron chi connectivity index (χ4n) is 1.86. The lowest BCUT2D eigenvalue weighted by Crippen LogP contribution is -2.12. The molecule has 0 saturated carbocycles. The van der Waals surface area contributed by atoms with Crippen LogP contribution in [0.3, 0.4) is 0 Å². The first kappa shape index (κ1) is 15.4. The van der Waals surface area contributed by atoms with Crippen LogP contribution in [0.2, 0.25) is 0 Å². The summed E-state index contributed by atoms with van der Waals surface area (Å²) in [7, 11) is 1.62. The lowest BCUT2D eigenvalue weighted by molar-refractivity contribution is 0.102. The number of carbonyl (C=O) groups is 1. The van der Waals surface area contributed by atoms with Crippen molar-refractivity contribution in [2.45, 2.75) is 18.2 Å². The molecule has 2 aromatic rings. The van der Waals surface area contributed by atoms with E-state index in [1.54, 1.807) is 18.9 Å². The minimum Gasteiger partial charge on any atom is -0.497 e. The lowest BCUT2D eigenvalue weighted by Gasteiger charge is -2.10. The number of methoxy groups -OCH3 is 1. The first-order chi connectivity index (χ1) is 10.2. The highest BCUT2D eigenvalue weighted by Crippen LogP contribution is 2.24. The zero-order chi connectivity index (χ0) is 15.1. The normalized spacial score (nSPS) is 10.2. The molecule has 0 radical (unpaired) electrons. The quantitative estimate of drug-likeness (QED) is 0.801. The summed E-state index contributed by atoms with van der Waals surface area (Å²) in [6.07, 6.45) is 1.08. The second-order valence-corrected chi connectivity index (χ2v) is 5.66. The van der Waals surface area contributed by atoms with Crippen LogP contribution in [0.15, 0.2) is 53.4 Å². The molecule has 110 valence electrons. The maximum Gasteiger partial charge on any atom is 0.256 e. The molecule has 0 fully saturated rings. The predicted molar refractivity (Wildman–Crippen MR) is 88.4 cm³/mol. The third kappa shape index (κ3) is 4.26. The Morgan fingerprint density at radius 3 is 2.52 bits per heavy atom. The van der Waals surface area contributed by atoms with Crippen LogP contribution in [0.25, 0.3) is 0 Å². The van der Waals surface area contributed by atoms with Crippen molar-refractivity contribution in [2.75, 3.05) is 18.2 Å². The van der Waals surface area contributed by atoms with E-state index < -0.39 is 0 Å². The van der Waals surface area contributed by atoms with Gasteiger partial charge in [-0.2, -0.15) is 0 Å². The zero-order valence-electron chi connectivity index (χ0n) is 12.3. The maximum atomic E-state index is 12.4. The van der Waals surface area contributed by atoms with Gasteiger partial charge in [-0.15, -0.1) is 11.8 Å². The minimum absolute atomic E-state index is 0.0839. The monoisotopic (exact) mass is 301 g/mol. The van der Waals surface area contributed by atoms with Crippen molar-refractivity contribution in [2.24, 2.45) is 0 Å². The second kappa shape index (κ2) is 7.74. The van der Waals surface area contributed by atoms with E-state index in [4.69, 9.17) is 4.74 Å². The Morgan fingerprint density at radius 2 is 1.86 bits per heavy atom. The van der Waals surface area contributed by atoms with Crippen LogP contribution in [0.5, 0.6) is 5.75 Å². The fraction of sp³-hybridized carbons (Fsp3) is 0.235. The van der Waals surface area contributed by atoms with E-state index in [9.17, 15) is 4.79 Å². The largest absolute Gasteiger partial charge is 0.497 e. The van der Waals surface area contributed by atoms with Gasteiger partial charge in [-0.3, -0.25) is 4.79 Å². The Hall–Kier alpha value is -1.94. The summed E-state index contributed by atoms with van der Waals surface area (Å²) in [6.45, 7) is 2.13. The molecule has 0 saturated heterocycles. The molecule has 0 bridgehead atoms. The summed E-state index contributed by atoms with van der Waals surface area (Å²) in [5.74, 6) is 1.69. The molecule has 0 aliphatic rings. The molecule has 0 heterocycles. The Balaban J connectivity index is 2.12. The van der Waals surface area contributed by atoms with Gasteiger partial charge < -0.3 is 10.1 Å². The number of carbonyl (C=O) groups excluding carboxylic acids is 1. The molecule has 1 amide bonds. The summed E-state index contributed by atoms with van der Waals surface area (Å²) in [6, 6.07) is 15.0. The highest BCUT2D eigenvalue weighted by atomic mass is 32.2. The molecule has 21 heavy (non-hydrogen) atoms. The summed E-state index contributed by atoms with van der Waals surface area (Å²) >= 11 is 1.71. The third-order valence-electron chi connectivity index (χ3n) is 2.94. The van der Waals surface area contributed by atoms with Gasteiger partial charge in [0.25, 0.3) is 5.91 Å². The molecule has 0 aromatic heterocycles. The molecule has 0 unspecified atom stereocenters. The molecule has 3 nitrogen and oxygen atoms in total. The van der Waals surface area contributed by atoms with Crippen LogP contribution in [0, 0.1) is 0 Å². The van der Waals surface area contributed by atoms with E-state index >= 15 is 0 Å². The van der Waals surface area contributed by atoms with Crippen molar-refractivity contribution in [1.29, 1.82) is 0 Å². The molecule has 0 spiro atoms. The van der Waals surface area contributed by atoms with Crippen molar-refractivity contribution < 1.29 is 9.53 Å². The first-order valence-electron chi connectivity index (χ1n) is 6.92. The lowest BCUT2D eigenvalue weighted by atomic mass is 10.2. The minimum atomic E-state index is -0.0839. The van der Waals surface area contributed by atoms with Gasteiger partial charge in [0.1, 0.15) is 5.75 Å². The number of anilines is 1. The number of nitrogens with one attached hydrogen (secondary N) is 1. The highest BCUT2D eigenvalue weighted by Gasteiger charge is 2.11. The van der Waals surface area contributed by atoms with Crippen LogP contribution < -0.4 is 10.1 Å². The Morgan fingerprint density at radius 1 is 1.14 bits per heavy atom. The Kier molecular flexibility index (Phi) is 5.69. The predicted octanol–water partition coefficient (Wildman–Crippen LogP) is 4.45. The van der Waals surface area contributed by atoms with E-state index in [1.165, 1.54) is 0 Å². The van der Waals surface area contributed by atoms with E-state index in [0.29, 0.717) is 5.56 Å². The molecule has 0 aliphatic heterocycles. The summed E-state index contributed by atoms with van der Waals surface area (Å²) in [5.41, 5.74) is 1.47. The van der Waals surface area contributed by atoms with Crippen LogP contribution in [-0.2, 0) is 0 Å². The van der Waals surface area contributed by atoms with Gasteiger partial charge in [0.05, 0.1) is 12.7 Å². The SMILES string of the molecule is CCCSc1ccccc1C(=O)Nc1ccc(OC)cc1. The van der Waals surface area contributed by atoms with Crippen LogP contribution >= 0.6 is 11.8 Å². The number of ether oxygens (including phenoxy) is 1. The standard InChI is InChI=1S/C17H19NO2S/c1-3-12-21-16-7-5-4-6-15(16)17(19)18-13-8-10-14(20-2)11-9-13/h4-11H,3,12H2,1-2H3,(H,18,19). The molecular weight excluding hydrogens is 282 g/mol. The smallest absolute Gasteiger partial charge is 0.256 e. The van der Waals surface area contributed by atoms with Gasteiger partial charge in [0.2, 0.25) is 0 Å². The maximum absolute atomic E-state index is 12.4. The van der Waals surface area contributed by atoms with Crippen LogP contribution in [-0.4, -0.2) is 18.8 Å². The summed E-state index contributed by atoms with van der Waals surface area (Å²) in [4.78, 5) is 13.4. The van der Waals surface area contributed by atoms with Gasteiger partial charge in [-0.25, -0.2) is 0 Å². The van der Waals surface area contributed by atoms with Gasteiger partial charge in [-0.1, -0.05) is 19.1 Å². The van der Waals surface area contributed by atoms with Crippen LogP contribution in [0.1, 0.15) is 23.7 Å². The van der Waals surface area contributed by atoms with Crippen molar-refractivity contribution in [3.63, 3.8) is 0 Å². The van der Waals surface area contributed by atoms with Gasteiger partial charge in [0, 0.05) is 10.6 Å². The van der Waals surface area contributed by atoms with E-state index in [2.05, 4.69) is 12.2 Å². The number of hydrogen-bond donors (Lipinski definition) is 1. The number of hydrogen-bond acceptors (Lipinski definition) is 3. The molecular formula is C17H19NO2S. The zero-order valence-corrected chi connectivity index (χ0v) is 13.1. The average Bonchev–Trinajstić information content (AvgIpc) is 2.54. The van der Waals surface area contributed by atoms with Crippen molar-refractivity contribution >= 4 is 23.4 Å². The third-order valence-corrected chi connectivity index (χ3v) is 4.22. The average molecular weight is 301 g/mol. The van der Waals surface area contributed by atoms with E-state index in [-0.39, 0.29) is 5.91 Å². The topological polar surface area (TPSA) is 38.3 Å². The number of rotatable bonds is 6. The second-order valence-electron chi connectivity index (χ2n) is 4.53. The van der Waals surface area contributed by atoms with Gasteiger partial charge in [-0.05, 0) is 48.6 Å². The fourth-order valence-corrected chi connectivity index (χ4v) is 2.78. The first-order valence-corrected chi connectivity index (χ1v) is 7.90. The molecule has 0 atom stereocenters. The Bertz CT molecular complexity index is 596. The summed E-state index contributed by atoms with van der Waals surface area (Å²) in [5, 5.41) is 2.92. The van der Waals surface area contributed by atoms with E-state index in [0.717, 1.165) is 28.5 Å². The molecule has 4 heteroatoms. The Labute approximate surface area is 129 Å². The molecule has 2 aromatic carbocycles. The van der Waals surface area contributed by atoms with Crippen LogP contribution in [0.4, 0.5) is 5.69 Å². The van der Waals surface area contributed by atoms with Crippen molar-refractivity contribution in [3.8, 4) is 5.75 Å². The van der Waals surface area contributed by atoms with E-state index in [1.807, 2.05) is 48.5 Å². The number of amides is 1. The molecule has 1 N–H and O–H groups in total.